The van der Waals surface area contributed by atoms with Crippen LogP contribution in [0.2, 0.25) is 0 Å². The number of aryl methyl sites for hydroxylation is 2. The first kappa shape index (κ1) is 18.7. The molecule has 2 rings (SSSR count). The van der Waals surface area contributed by atoms with Gasteiger partial charge in [-0.2, -0.15) is 0 Å². The molecular weight excluding hydrogens is 292 g/mol. The molecule has 24 heavy (non-hydrogen) atoms. The van der Waals surface area contributed by atoms with Gasteiger partial charge in [0.25, 0.3) is 0 Å². The van der Waals surface area contributed by atoms with E-state index in [0.717, 1.165) is 26.1 Å². The molecule has 0 saturated heterocycles. The van der Waals surface area contributed by atoms with Crippen molar-refractivity contribution in [1.29, 1.82) is 0 Å². The van der Waals surface area contributed by atoms with Gasteiger partial charge >= 0.3 is 0 Å². The fourth-order valence-corrected chi connectivity index (χ4v) is 3.02. The van der Waals surface area contributed by atoms with Gasteiger partial charge in [0.05, 0.1) is 0 Å². The summed E-state index contributed by atoms with van der Waals surface area (Å²) in [5.41, 5.74) is 4.19. The summed E-state index contributed by atoms with van der Waals surface area (Å²) in [6, 6.07) is 20.1. The Morgan fingerprint density at radius 1 is 1.00 bits per heavy atom. The van der Waals surface area contributed by atoms with Gasteiger partial charge in [0.15, 0.2) is 0 Å². The second-order valence-electron chi connectivity index (χ2n) is 6.96. The van der Waals surface area contributed by atoms with Crippen molar-refractivity contribution in [3.8, 4) is 0 Å². The van der Waals surface area contributed by atoms with E-state index in [0.29, 0.717) is 6.04 Å². The van der Waals surface area contributed by atoms with Crippen molar-refractivity contribution in [3.63, 3.8) is 0 Å². The molecule has 0 heterocycles. The second kappa shape index (κ2) is 10.3. The molecule has 2 heteroatoms. The minimum Gasteiger partial charge on any atom is -0.314 e. The Kier molecular flexibility index (Phi) is 8.00. The third-order valence-corrected chi connectivity index (χ3v) is 4.45. The Labute approximate surface area is 147 Å². The van der Waals surface area contributed by atoms with Crippen LogP contribution in [0, 0.1) is 6.92 Å². The van der Waals surface area contributed by atoms with E-state index >= 15 is 0 Å². The van der Waals surface area contributed by atoms with Crippen molar-refractivity contribution in [3.05, 3.63) is 71.3 Å². The van der Waals surface area contributed by atoms with E-state index in [4.69, 9.17) is 0 Å². The molecule has 0 fully saturated rings. The molecule has 0 amide bonds. The Morgan fingerprint density at radius 2 is 1.75 bits per heavy atom. The van der Waals surface area contributed by atoms with Gasteiger partial charge in [-0.3, -0.25) is 0 Å². The molecule has 2 aromatic rings. The maximum absolute atomic E-state index is 3.66. The van der Waals surface area contributed by atoms with Crippen LogP contribution in [0.5, 0.6) is 0 Å². The van der Waals surface area contributed by atoms with Crippen LogP contribution in [0.15, 0.2) is 54.6 Å². The molecular formula is C22H32N2. The summed E-state index contributed by atoms with van der Waals surface area (Å²) in [5.74, 6) is 0. The van der Waals surface area contributed by atoms with Crippen LogP contribution in [0.25, 0.3) is 0 Å². The number of rotatable bonds is 10. The summed E-state index contributed by atoms with van der Waals surface area (Å²) in [6.07, 6.45) is 3.55. The van der Waals surface area contributed by atoms with Crippen molar-refractivity contribution >= 4 is 0 Å². The molecule has 1 atom stereocenters. The first-order valence-electron chi connectivity index (χ1n) is 9.15. The van der Waals surface area contributed by atoms with Crippen molar-refractivity contribution in [1.82, 2.24) is 10.2 Å². The lowest BCUT2D eigenvalue weighted by molar-refractivity contribution is 0.316. The van der Waals surface area contributed by atoms with Gasteiger partial charge in [-0.15, -0.1) is 0 Å². The molecule has 0 aliphatic rings. The highest BCUT2D eigenvalue weighted by Crippen LogP contribution is 2.08. The molecule has 0 aromatic heterocycles. The zero-order valence-electron chi connectivity index (χ0n) is 15.5. The highest BCUT2D eigenvalue weighted by molar-refractivity contribution is 5.22. The first-order valence-corrected chi connectivity index (χ1v) is 9.15. The molecule has 0 bridgehead atoms. The van der Waals surface area contributed by atoms with E-state index in [-0.39, 0.29) is 0 Å². The molecule has 0 radical (unpaired) electrons. The molecule has 2 nitrogen and oxygen atoms in total. The van der Waals surface area contributed by atoms with E-state index in [9.17, 15) is 0 Å². The quantitative estimate of drug-likeness (QED) is 0.651. The second-order valence-corrected chi connectivity index (χ2v) is 6.96. The molecule has 0 aliphatic heterocycles. The number of benzene rings is 2. The average Bonchev–Trinajstić information content (AvgIpc) is 2.58. The first-order chi connectivity index (χ1) is 11.6. The maximum atomic E-state index is 3.66. The SMILES string of the molecule is Cc1cccc(CCC(C)NCCCN(C)Cc2ccccc2)c1. The molecule has 1 N–H and O–H groups in total. The Bertz CT molecular complexity index is 580. The molecule has 2 aromatic carbocycles. The lowest BCUT2D eigenvalue weighted by Gasteiger charge is -2.18. The molecule has 130 valence electrons. The summed E-state index contributed by atoms with van der Waals surface area (Å²) in [6.45, 7) is 7.71. The smallest absolute Gasteiger partial charge is 0.0230 e. The number of nitrogens with one attached hydrogen (secondary N) is 1. The largest absolute Gasteiger partial charge is 0.314 e. The minimum atomic E-state index is 0.574. The molecule has 0 spiro atoms. The Hall–Kier alpha value is -1.64. The van der Waals surface area contributed by atoms with Crippen LogP contribution in [-0.4, -0.2) is 31.1 Å². The third kappa shape index (κ3) is 7.29. The van der Waals surface area contributed by atoms with Crippen LogP contribution in [0.1, 0.15) is 36.5 Å². The van der Waals surface area contributed by atoms with Crippen molar-refractivity contribution in [2.75, 3.05) is 20.1 Å². The summed E-state index contributed by atoms with van der Waals surface area (Å²) >= 11 is 0. The predicted octanol–water partition coefficient (Wildman–Crippen LogP) is 4.43. The Morgan fingerprint density at radius 3 is 2.50 bits per heavy atom. The fraction of sp³-hybridized carbons (Fsp3) is 0.455. The van der Waals surface area contributed by atoms with Gasteiger partial charge in [-0.25, -0.2) is 0 Å². The van der Waals surface area contributed by atoms with Crippen molar-refractivity contribution < 1.29 is 0 Å². The lowest BCUT2D eigenvalue weighted by atomic mass is 10.0. The van der Waals surface area contributed by atoms with Crippen LogP contribution < -0.4 is 5.32 Å². The third-order valence-electron chi connectivity index (χ3n) is 4.45. The monoisotopic (exact) mass is 324 g/mol. The summed E-state index contributed by atoms with van der Waals surface area (Å²) < 4.78 is 0. The summed E-state index contributed by atoms with van der Waals surface area (Å²) in [4.78, 5) is 2.40. The zero-order valence-corrected chi connectivity index (χ0v) is 15.5. The van der Waals surface area contributed by atoms with Gasteiger partial charge in [-0.05, 0) is 64.4 Å². The van der Waals surface area contributed by atoms with Gasteiger partial charge in [0.1, 0.15) is 0 Å². The maximum Gasteiger partial charge on any atom is 0.0230 e. The molecule has 0 aliphatic carbocycles. The average molecular weight is 325 g/mol. The summed E-state index contributed by atoms with van der Waals surface area (Å²) in [7, 11) is 2.20. The van der Waals surface area contributed by atoms with Gasteiger partial charge < -0.3 is 10.2 Å². The van der Waals surface area contributed by atoms with Crippen LogP contribution in [0.4, 0.5) is 0 Å². The normalized spacial score (nSPS) is 12.5. The van der Waals surface area contributed by atoms with Crippen molar-refractivity contribution in [2.45, 2.75) is 45.7 Å². The van der Waals surface area contributed by atoms with Crippen LogP contribution in [-0.2, 0) is 13.0 Å². The van der Waals surface area contributed by atoms with Gasteiger partial charge in [0, 0.05) is 12.6 Å². The van der Waals surface area contributed by atoms with Crippen LogP contribution in [0.3, 0.4) is 0 Å². The van der Waals surface area contributed by atoms with Crippen LogP contribution >= 0.6 is 0 Å². The fourth-order valence-electron chi connectivity index (χ4n) is 3.02. The van der Waals surface area contributed by atoms with E-state index in [1.165, 1.54) is 29.5 Å². The zero-order chi connectivity index (χ0) is 17.2. The van der Waals surface area contributed by atoms with Gasteiger partial charge in [-0.1, -0.05) is 60.2 Å². The van der Waals surface area contributed by atoms with E-state index in [1.54, 1.807) is 0 Å². The van der Waals surface area contributed by atoms with Crippen molar-refractivity contribution in [2.24, 2.45) is 0 Å². The lowest BCUT2D eigenvalue weighted by Crippen LogP contribution is -2.30. The number of nitrogens with zero attached hydrogens (tertiary/aromatic N) is 1. The number of hydrogen-bond acceptors (Lipinski definition) is 2. The highest BCUT2D eigenvalue weighted by atomic mass is 15.1. The molecule has 1 unspecified atom stereocenters. The Balaban J connectivity index is 1.56. The van der Waals surface area contributed by atoms with E-state index in [2.05, 4.69) is 85.7 Å². The van der Waals surface area contributed by atoms with Gasteiger partial charge in [0.2, 0.25) is 0 Å². The summed E-state index contributed by atoms with van der Waals surface area (Å²) in [5, 5.41) is 3.66. The predicted molar refractivity (Wildman–Crippen MR) is 104 cm³/mol. The minimum absolute atomic E-state index is 0.574. The number of hydrogen-bond donors (Lipinski definition) is 1. The molecule has 0 saturated carbocycles. The highest BCUT2D eigenvalue weighted by Gasteiger charge is 2.04. The van der Waals surface area contributed by atoms with E-state index < -0.39 is 0 Å². The standard InChI is InChI=1S/C22H32N2/c1-19-9-7-12-21(17-19)14-13-20(2)23-15-8-16-24(3)18-22-10-5-4-6-11-22/h4-7,9-12,17,20,23H,8,13-16,18H2,1-3H3. The topological polar surface area (TPSA) is 15.3 Å². The van der Waals surface area contributed by atoms with E-state index in [1.807, 2.05) is 0 Å².